The number of carbonyl (C=O) groups is 1. The van der Waals surface area contributed by atoms with Crippen LogP contribution in [0, 0.1) is 0 Å². The molecule has 5 heteroatoms. The lowest BCUT2D eigenvalue weighted by Crippen LogP contribution is -2.32. The zero-order valence-electron chi connectivity index (χ0n) is 10.6. The van der Waals surface area contributed by atoms with Gasteiger partial charge in [0.2, 0.25) is 0 Å². The topological polar surface area (TPSA) is 45.2 Å². The Labute approximate surface area is 106 Å². The predicted molar refractivity (Wildman–Crippen MR) is 70.6 cm³/mol. The third-order valence-electron chi connectivity index (χ3n) is 2.88. The van der Waals surface area contributed by atoms with Gasteiger partial charge in [-0.1, -0.05) is 20.8 Å². The zero-order chi connectivity index (χ0) is 12.5. The molecule has 1 fully saturated rings. The maximum Gasteiger partial charge on any atom is 0.323 e. The molecule has 0 saturated carbocycles. The van der Waals surface area contributed by atoms with Gasteiger partial charge in [0.05, 0.1) is 5.69 Å². The standard InChI is InChI=1S/C12H19N3OS/c1-12(2,3)9-8-17-10(13-9)14-11(16)15-6-4-5-7-15/h8H,4-7H2,1-3H3,(H,13,14,16). The fourth-order valence-electron chi connectivity index (χ4n) is 1.77. The maximum atomic E-state index is 11.9. The highest BCUT2D eigenvalue weighted by Gasteiger charge is 2.21. The van der Waals surface area contributed by atoms with E-state index in [1.807, 2.05) is 10.3 Å². The van der Waals surface area contributed by atoms with E-state index in [-0.39, 0.29) is 11.4 Å². The Morgan fingerprint density at radius 1 is 1.41 bits per heavy atom. The van der Waals surface area contributed by atoms with E-state index < -0.39 is 0 Å². The summed E-state index contributed by atoms with van der Waals surface area (Å²) in [5, 5.41) is 5.58. The van der Waals surface area contributed by atoms with Gasteiger partial charge in [0.15, 0.2) is 5.13 Å². The normalized spacial score (nSPS) is 16.3. The van der Waals surface area contributed by atoms with Crippen molar-refractivity contribution >= 4 is 22.5 Å². The van der Waals surface area contributed by atoms with Crippen molar-refractivity contribution in [1.82, 2.24) is 9.88 Å². The summed E-state index contributed by atoms with van der Waals surface area (Å²) in [5.74, 6) is 0. The summed E-state index contributed by atoms with van der Waals surface area (Å²) in [6.45, 7) is 8.09. The van der Waals surface area contributed by atoms with Gasteiger partial charge >= 0.3 is 6.03 Å². The Morgan fingerprint density at radius 3 is 2.59 bits per heavy atom. The molecule has 1 aromatic heterocycles. The molecular weight excluding hydrogens is 234 g/mol. The van der Waals surface area contributed by atoms with E-state index in [0.717, 1.165) is 31.6 Å². The molecule has 0 bridgehead atoms. The van der Waals surface area contributed by atoms with Gasteiger partial charge in [-0.05, 0) is 12.8 Å². The van der Waals surface area contributed by atoms with Crippen LogP contribution in [0.15, 0.2) is 5.38 Å². The summed E-state index contributed by atoms with van der Waals surface area (Å²) >= 11 is 1.49. The molecule has 0 atom stereocenters. The van der Waals surface area contributed by atoms with Crippen molar-refractivity contribution in [2.24, 2.45) is 0 Å². The number of hydrogen-bond donors (Lipinski definition) is 1. The van der Waals surface area contributed by atoms with Crippen LogP contribution < -0.4 is 5.32 Å². The fraction of sp³-hybridized carbons (Fsp3) is 0.667. The van der Waals surface area contributed by atoms with Crippen LogP contribution in [-0.4, -0.2) is 29.0 Å². The number of carbonyl (C=O) groups excluding carboxylic acids is 1. The quantitative estimate of drug-likeness (QED) is 0.836. The van der Waals surface area contributed by atoms with Crippen molar-refractivity contribution in [3.8, 4) is 0 Å². The number of nitrogens with one attached hydrogen (secondary N) is 1. The summed E-state index contributed by atoms with van der Waals surface area (Å²) in [5.41, 5.74) is 1.06. The molecule has 94 valence electrons. The van der Waals surface area contributed by atoms with Crippen LogP contribution in [-0.2, 0) is 5.41 Å². The van der Waals surface area contributed by atoms with E-state index in [4.69, 9.17) is 0 Å². The highest BCUT2D eigenvalue weighted by atomic mass is 32.1. The maximum absolute atomic E-state index is 11.9. The van der Waals surface area contributed by atoms with Crippen LogP contribution in [0.2, 0.25) is 0 Å². The number of aromatic nitrogens is 1. The minimum atomic E-state index is -0.0164. The van der Waals surface area contributed by atoms with E-state index in [2.05, 4.69) is 31.1 Å². The van der Waals surface area contributed by atoms with Gasteiger partial charge in [-0.2, -0.15) is 0 Å². The monoisotopic (exact) mass is 253 g/mol. The molecule has 0 aromatic carbocycles. The van der Waals surface area contributed by atoms with Crippen LogP contribution in [0.25, 0.3) is 0 Å². The second kappa shape index (κ2) is 4.64. The molecule has 1 N–H and O–H groups in total. The fourth-order valence-corrected chi connectivity index (χ4v) is 2.69. The lowest BCUT2D eigenvalue weighted by Gasteiger charge is -2.15. The number of anilines is 1. The summed E-state index contributed by atoms with van der Waals surface area (Å²) in [4.78, 5) is 18.2. The van der Waals surface area contributed by atoms with E-state index in [1.54, 1.807) is 0 Å². The molecule has 1 aliphatic heterocycles. The van der Waals surface area contributed by atoms with Gasteiger partial charge in [0.25, 0.3) is 0 Å². The summed E-state index contributed by atoms with van der Waals surface area (Å²) in [7, 11) is 0. The molecule has 0 unspecified atom stereocenters. The van der Waals surface area contributed by atoms with Crippen LogP contribution in [0.4, 0.5) is 9.93 Å². The van der Waals surface area contributed by atoms with Crippen molar-refractivity contribution in [3.63, 3.8) is 0 Å². The van der Waals surface area contributed by atoms with Crippen LogP contribution >= 0.6 is 11.3 Å². The SMILES string of the molecule is CC(C)(C)c1csc(NC(=O)N2CCCC2)n1. The molecule has 2 amide bonds. The highest BCUT2D eigenvalue weighted by Crippen LogP contribution is 2.26. The van der Waals surface area contributed by atoms with Crippen molar-refractivity contribution in [3.05, 3.63) is 11.1 Å². The van der Waals surface area contributed by atoms with E-state index >= 15 is 0 Å². The smallest absolute Gasteiger partial charge is 0.323 e. The van der Waals surface area contributed by atoms with Crippen LogP contribution in [0.1, 0.15) is 39.3 Å². The number of amides is 2. The summed E-state index contributed by atoms with van der Waals surface area (Å²) in [6.07, 6.45) is 2.22. The van der Waals surface area contributed by atoms with E-state index in [0.29, 0.717) is 5.13 Å². The first-order chi connectivity index (χ1) is 7.97. The van der Waals surface area contributed by atoms with Gasteiger partial charge in [-0.25, -0.2) is 9.78 Å². The Hall–Kier alpha value is -1.10. The largest absolute Gasteiger partial charge is 0.324 e. The van der Waals surface area contributed by atoms with Gasteiger partial charge in [-0.15, -0.1) is 11.3 Å². The molecule has 1 saturated heterocycles. The van der Waals surface area contributed by atoms with Gasteiger partial charge in [0.1, 0.15) is 0 Å². The van der Waals surface area contributed by atoms with Crippen molar-refractivity contribution in [2.45, 2.75) is 39.0 Å². The predicted octanol–water partition coefficient (Wildman–Crippen LogP) is 3.07. The van der Waals surface area contributed by atoms with Crippen molar-refractivity contribution < 1.29 is 4.79 Å². The summed E-state index contributed by atoms with van der Waals surface area (Å²) < 4.78 is 0. The Bertz CT molecular complexity index is 402. The average molecular weight is 253 g/mol. The van der Waals surface area contributed by atoms with Gasteiger partial charge in [0, 0.05) is 23.9 Å². The third kappa shape index (κ3) is 2.97. The molecule has 17 heavy (non-hydrogen) atoms. The van der Waals surface area contributed by atoms with Crippen molar-refractivity contribution in [1.29, 1.82) is 0 Å². The number of rotatable bonds is 1. The molecule has 0 radical (unpaired) electrons. The number of nitrogens with zero attached hydrogens (tertiary/aromatic N) is 2. The molecule has 0 spiro atoms. The van der Waals surface area contributed by atoms with E-state index in [1.165, 1.54) is 11.3 Å². The number of hydrogen-bond acceptors (Lipinski definition) is 3. The van der Waals surface area contributed by atoms with Gasteiger partial charge in [-0.3, -0.25) is 5.32 Å². The van der Waals surface area contributed by atoms with Gasteiger partial charge < -0.3 is 4.90 Å². The Kier molecular flexibility index (Phi) is 3.38. The second-order valence-electron chi connectivity index (χ2n) is 5.41. The summed E-state index contributed by atoms with van der Waals surface area (Å²) in [6, 6.07) is -0.0164. The molecule has 2 heterocycles. The Morgan fingerprint density at radius 2 is 2.06 bits per heavy atom. The molecule has 0 aliphatic carbocycles. The first-order valence-corrected chi connectivity index (χ1v) is 6.87. The van der Waals surface area contributed by atoms with Crippen molar-refractivity contribution in [2.75, 3.05) is 18.4 Å². The third-order valence-corrected chi connectivity index (χ3v) is 3.64. The molecular formula is C12H19N3OS. The molecule has 1 aliphatic rings. The second-order valence-corrected chi connectivity index (χ2v) is 6.27. The minimum absolute atomic E-state index is 0.0164. The molecule has 2 rings (SSSR count). The molecule has 4 nitrogen and oxygen atoms in total. The van der Waals surface area contributed by atoms with Crippen LogP contribution in [0.3, 0.4) is 0 Å². The number of urea groups is 1. The molecule has 1 aromatic rings. The first kappa shape index (κ1) is 12.4. The lowest BCUT2D eigenvalue weighted by atomic mass is 9.93. The highest BCUT2D eigenvalue weighted by molar-refractivity contribution is 7.13. The first-order valence-electron chi connectivity index (χ1n) is 5.99. The minimum Gasteiger partial charge on any atom is -0.324 e. The van der Waals surface area contributed by atoms with E-state index in [9.17, 15) is 4.79 Å². The Balaban J connectivity index is 1.99. The zero-order valence-corrected chi connectivity index (χ0v) is 11.4. The average Bonchev–Trinajstić information content (AvgIpc) is 2.85. The van der Waals surface area contributed by atoms with Crippen LogP contribution in [0.5, 0.6) is 0 Å². The number of thiazole rings is 1. The lowest BCUT2D eigenvalue weighted by molar-refractivity contribution is 0.222. The number of likely N-dealkylation sites (tertiary alicyclic amines) is 1.